The summed E-state index contributed by atoms with van der Waals surface area (Å²) in [6, 6.07) is 13.6. The summed E-state index contributed by atoms with van der Waals surface area (Å²) in [5, 5.41) is 2.73. The summed E-state index contributed by atoms with van der Waals surface area (Å²) in [7, 11) is -3.85. The molecule has 0 radical (unpaired) electrons. The van der Waals surface area contributed by atoms with Crippen LogP contribution in [0.15, 0.2) is 59.5 Å². The average molecular weight is 432 g/mol. The van der Waals surface area contributed by atoms with Crippen molar-refractivity contribution in [2.45, 2.75) is 38.6 Å². The summed E-state index contributed by atoms with van der Waals surface area (Å²) >= 11 is 0. The first kappa shape index (κ1) is 23.6. The SMILES string of the molecule is CCN(CC)C(=O)c1cccc(NC(=O)[C@@H](NS(=O)(=O)c2ccccc2)C(C)C)c1. The minimum atomic E-state index is -3.85. The van der Waals surface area contributed by atoms with E-state index in [9.17, 15) is 18.0 Å². The van der Waals surface area contributed by atoms with E-state index in [-0.39, 0.29) is 16.7 Å². The predicted molar refractivity (Wildman–Crippen MR) is 118 cm³/mol. The molecular formula is C22H29N3O4S. The molecule has 0 heterocycles. The Morgan fingerprint density at radius 1 is 0.967 bits per heavy atom. The van der Waals surface area contributed by atoms with E-state index in [0.29, 0.717) is 24.3 Å². The lowest BCUT2D eigenvalue weighted by Crippen LogP contribution is -2.47. The topological polar surface area (TPSA) is 95.6 Å². The van der Waals surface area contributed by atoms with Gasteiger partial charge >= 0.3 is 0 Å². The van der Waals surface area contributed by atoms with Crippen molar-refractivity contribution in [3.63, 3.8) is 0 Å². The highest BCUT2D eigenvalue weighted by atomic mass is 32.2. The lowest BCUT2D eigenvalue weighted by molar-refractivity contribution is -0.118. The molecule has 2 aromatic rings. The second-order valence-electron chi connectivity index (χ2n) is 7.20. The summed E-state index contributed by atoms with van der Waals surface area (Å²) in [5.41, 5.74) is 0.894. The second kappa shape index (κ2) is 10.4. The number of rotatable bonds is 9. The van der Waals surface area contributed by atoms with Gasteiger partial charge in [-0.2, -0.15) is 4.72 Å². The summed E-state index contributed by atoms with van der Waals surface area (Å²) in [5.74, 6) is -0.901. The number of nitrogens with zero attached hydrogens (tertiary/aromatic N) is 1. The van der Waals surface area contributed by atoms with Crippen molar-refractivity contribution < 1.29 is 18.0 Å². The molecule has 0 aliphatic rings. The molecule has 0 aliphatic carbocycles. The van der Waals surface area contributed by atoms with Crippen LogP contribution in [0.5, 0.6) is 0 Å². The Hall–Kier alpha value is -2.71. The van der Waals surface area contributed by atoms with Crippen LogP contribution in [0.1, 0.15) is 38.1 Å². The van der Waals surface area contributed by atoms with E-state index in [1.54, 1.807) is 61.2 Å². The first-order chi connectivity index (χ1) is 14.2. The zero-order chi connectivity index (χ0) is 22.3. The molecule has 0 spiro atoms. The molecule has 0 fully saturated rings. The van der Waals surface area contributed by atoms with Crippen LogP contribution >= 0.6 is 0 Å². The first-order valence-corrected chi connectivity index (χ1v) is 11.5. The Morgan fingerprint density at radius 2 is 1.60 bits per heavy atom. The molecule has 2 rings (SSSR count). The van der Waals surface area contributed by atoms with Gasteiger partial charge in [-0.1, -0.05) is 38.1 Å². The highest BCUT2D eigenvalue weighted by molar-refractivity contribution is 7.89. The third-order valence-electron chi connectivity index (χ3n) is 4.71. The highest BCUT2D eigenvalue weighted by Gasteiger charge is 2.28. The van der Waals surface area contributed by atoms with Crippen molar-refractivity contribution in [1.29, 1.82) is 0 Å². The number of hydrogen-bond donors (Lipinski definition) is 2. The quantitative estimate of drug-likeness (QED) is 0.638. The Morgan fingerprint density at radius 3 is 2.17 bits per heavy atom. The standard InChI is InChI=1S/C22H29N3O4S/c1-5-25(6-2)22(27)17-11-10-12-18(15-17)23-21(26)20(16(3)4)24-30(28,29)19-13-8-7-9-14-19/h7-16,20,24H,5-6H2,1-4H3,(H,23,26)/t20-/m0/s1. The molecular weight excluding hydrogens is 402 g/mol. The molecule has 162 valence electrons. The van der Waals surface area contributed by atoms with Crippen molar-refractivity contribution in [2.75, 3.05) is 18.4 Å². The van der Waals surface area contributed by atoms with Gasteiger partial charge < -0.3 is 10.2 Å². The zero-order valence-corrected chi connectivity index (χ0v) is 18.6. The van der Waals surface area contributed by atoms with Crippen LogP contribution in [0.2, 0.25) is 0 Å². The van der Waals surface area contributed by atoms with Gasteiger partial charge in [0.15, 0.2) is 0 Å². The molecule has 2 amide bonds. The molecule has 0 aromatic heterocycles. The van der Waals surface area contributed by atoms with Gasteiger partial charge in [-0.25, -0.2) is 8.42 Å². The summed E-state index contributed by atoms with van der Waals surface area (Å²) in [6.45, 7) is 8.50. The van der Waals surface area contributed by atoms with Gasteiger partial charge in [0.1, 0.15) is 6.04 Å². The van der Waals surface area contributed by atoms with Crippen molar-refractivity contribution in [3.8, 4) is 0 Å². The molecule has 0 saturated heterocycles. The van der Waals surface area contributed by atoms with Crippen LogP contribution in [-0.2, 0) is 14.8 Å². The van der Waals surface area contributed by atoms with E-state index in [1.165, 1.54) is 12.1 Å². The summed E-state index contributed by atoms with van der Waals surface area (Å²) in [4.78, 5) is 27.2. The fourth-order valence-electron chi connectivity index (χ4n) is 2.97. The monoisotopic (exact) mass is 431 g/mol. The number of nitrogens with one attached hydrogen (secondary N) is 2. The number of carbonyl (C=O) groups is 2. The largest absolute Gasteiger partial charge is 0.339 e. The molecule has 0 saturated carbocycles. The maximum absolute atomic E-state index is 12.9. The number of sulfonamides is 1. The molecule has 8 heteroatoms. The molecule has 1 atom stereocenters. The normalized spacial score (nSPS) is 12.4. The maximum Gasteiger partial charge on any atom is 0.253 e. The molecule has 7 nitrogen and oxygen atoms in total. The van der Waals surface area contributed by atoms with Crippen LogP contribution in [0.3, 0.4) is 0 Å². The lowest BCUT2D eigenvalue weighted by atomic mass is 10.0. The molecule has 0 unspecified atom stereocenters. The Labute approximate surface area is 178 Å². The number of benzene rings is 2. The number of anilines is 1. The minimum absolute atomic E-state index is 0.0928. The fourth-order valence-corrected chi connectivity index (χ4v) is 4.34. The zero-order valence-electron chi connectivity index (χ0n) is 17.8. The fraction of sp³-hybridized carbons (Fsp3) is 0.364. The van der Waals surface area contributed by atoms with Gasteiger partial charge in [0.25, 0.3) is 5.91 Å². The van der Waals surface area contributed by atoms with Gasteiger partial charge in [0, 0.05) is 24.3 Å². The molecule has 0 aliphatic heterocycles. The van der Waals surface area contributed by atoms with E-state index in [0.717, 1.165) is 0 Å². The predicted octanol–water partition coefficient (Wildman–Crippen LogP) is 3.11. The van der Waals surface area contributed by atoms with E-state index in [2.05, 4.69) is 10.0 Å². The Kier molecular flexibility index (Phi) is 8.14. The van der Waals surface area contributed by atoms with Crippen molar-refractivity contribution in [3.05, 3.63) is 60.2 Å². The van der Waals surface area contributed by atoms with E-state index >= 15 is 0 Å². The van der Waals surface area contributed by atoms with Crippen LogP contribution < -0.4 is 10.0 Å². The number of hydrogen-bond acceptors (Lipinski definition) is 4. The average Bonchev–Trinajstić information content (AvgIpc) is 2.73. The Balaban J connectivity index is 2.20. The smallest absolute Gasteiger partial charge is 0.253 e. The lowest BCUT2D eigenvalue weighted by Gasteiger charge is -2.22. The molecule has 30 heavy (non-hydrogen) atoms. The second-order valence-corrected chi connectivity index (χ2v) is 8.92. The minimum Gasteiger partial charge on any atom is -0.339 e. The number of amides is 2. The Bertz CT molecular complexity index is 971. The van der Waals surface area contributed by atoms with Crippen LogP contribution in [0.4, 0.5) is 5.69 Å². The molecule has 2 aromatic carbocycles. The van der Waals surface area contributed by atoms with E-state index in [1.807, 2.05) is 13.8 Å². The van der Waals surface area contributed by atoms with Gasteiger partial charge in [-0.15, -0.1) is 0 Å². The van der Waals surface area contributed by atoms with E-state index < -0.39 is 22.0 Å². The van der Waals surface area contributed by atoms with Crippen LogP contribution in [-0.4, -0.2) is 44.3 Å². The number of carbonyl (C=O) groups excluding carboxylic acids is 2. The highest BCUT2D eigenvalue weighted by Crippen LogP contribution is 2.16. The molecule has 0 bridgehead atoms. The van der Waals surface area contributed by atoms with Crippen molar-refractivity contribution in [2.24, 2.45) is 5.92 Å². The van der Waals surface area contributed by atoms with Crippen molar-refractivity contribution >= 4 is 27.5 Å². The molecule has 2 N–H and O–H groups in total. The third kappa shape index (κ3) is 5.90. The summed E-state index contributed by atoms with van der Waals surface area (Å²) in [6.07, 6.45) is 0. The van der Waals surface area contributed by atoms with Crippen molar-refractivity contribution in [1.82, 2.24) is 9.62 Å². The maximum atomic E-state index is 12.9. The summed E-state index contributed by atoms with van der Waals surface area (Å²) < 4.78 is 27.8. The van der Waals surface area contributed by atoms with Crippen LogP contribution in [0, 0.1) is 5.92 Å². The van der Waals surface area contributed by atoms with Crippen LogP contribution in [0.25, 0.3) is 0 Å². The first-order valence-electron chi connectivity index (χ1n) is 9.97. The van der Waals surface area contributed by atoms with Gasteiger partial charge in [-0.3, -0.25) is 9.59 Å². The van der Waals surface area contributed by atoms with Gasteiger partial charge in [-0.05, 0) is 50.1 Å². The van der Waals surface area contributed by atoms with E-state index in [4.69, 9.17) is 0 Å². The van der Waals surface area contributed by atoms with Gasteiger partial charge in [0.05, 0.1) is 4.90 Å². The third-order valence-corrected chi connectivity index (χ3v) is 6.17. The van der Waals surface area contributed by atoms with Gasteiger partial charge in [0.2, 0.25) is 15.9 Å².